The number of rotatable bonds is 6. The molecule has 0 saturated carbocycles. The zero-order valence-electron chi connectivity index (χ0n) is 14.8. The van der Waals surface area contributed by atoms with Crippen molar-refractivity contribution in [3.8, 4) is 0 Å². The third-order valence-corrected chi connectivity index (χ3v) is 5.17. The summed E-state index contributed by atoms with van der Waals surface area (Å²) in [5, 5.41) is 9.45. The molecule has 138 valence electrons. The van der Waals surface area contributed by atoms with Crippen molar-refractivity contribution in [2.24, 2.45) is 17.4 Å². The van der Waals surface area contributed by atoms with Gasteiger partial charge in [0.25, 0.3) is 0 Å². The van der Waals surface area contributed by atoms with Crippen molar-refractivity contribution in [3.05, 3.63) is 35.9 Å². The Morgan fingerprint density at radius 2 is 1.96 bits per heavy atom. The van der Waals surface area contributed by atoms with E-state index in [-0.39, 0.29) is 13.2 Å². The first-order chi connectivity index (χ1) is 11.7. The number of hydrogen-bond acceptors (Lipinski definition) is 5. The van der Waals surface area contributed by atoms with E-state index in [1.54, 1.807) is 6.92 Å². The minimum absolute atomic E-state index is 0.0594. The van der Waals surface area contributed by atoms with Crippen molar-refractivity contribution < 1.29 is 19.4 Å². The van der Waals surface area contributed by atoms with Gasteiger partial charge in [-0.1, -0.05) is 50.1 Å². The second kappa shape index (κ2) is 7.41. The molecule has 25 heavy (non-hydrogen) atoms. The van der Waals surface area contributed by atoms with Gasteiger partial charge in [-0.05, 0) is 18.9 Å². The molecule has 7 nitrogen and oxygen atoms in total. The molecule has 1 aromatic rings. The van der Waals surface area contributed by atoms with Gasteiger partial charge >= 0.3 is 12.1 Å². The normalized spacial score (nSPS) is 28.8. The summed E-state index contributed by atoms with van der Waals surface area (Å²) >= 11 is 0. The summed E-state index contributed by atoms with van der Waals surface area (Å²) in [5.74, 6) is -1.31. The summed E-state index contributed by atoms with van der Waals surface area (Å²) in [5.41, 5.74) is 11.2. The second-order valence-electron chi connectivity index (χ2n) is 6.83. The van der Waals surface area contributed by atoms with Crippen LogP contribution in [0, 0.1) is 5.92 Å². The standard InChI is InChI=1S/C18H27N3O4/c1-3-4-10-18(20)14(11-21(16(23)24)17(18,2)19)15(22)25-12-13-8-6-5-7-9-13/h5-9,14H,3-4,10-12,19-20H2,1-2H3,(H,23,24). The van der Waals surface area contributed by atoms with Crippen LogP contribution < -0.4 is 11.5 Å². The number of nitrogens with zero attached hydrogens (tertiary/aromatic N) is 1. The Labute approximate surface area is 147 Å². The molecule has 0 aliphatic carbocycles. The van der Waals surface area contributed by atoms with Gasteiger partial charge in [0.15, 0.2) is 0 Å². The van der Waals surface area contributed by atoms with Gasteiger partial charge < -0.3 is 21.3 Å². The zero-order valence-corrected chi connectivity index (χ0v) is 14.8. The highest BCUT2D eigenvalue weighted by molar-refractivity contribution is 5.78. The molecule has 0 spiro atoms. The van der Waals surface area contributed by atoms with Gasteiger partial charge in [-0.3, -0.25) is 9.69 Å². The van der Waals surface area contributed by atoms with E-state index in [0.29, 0.717) is 6.42 Å². The van der Waals surface area contributed by atoms with Crippen molar-refractivity contribution in [3.63, 3.8) is 0 Å². The van der Waals surface area contributed by atoms with Gasteiger partial charge in [-0.15, -0.1) is 0 Å². The molecule has 1 fully saturated rings. The lowest BCUT2D eigenvalue weighted by molar-refractivity contribution is -0.151. The molecule has 1 amide bonds. The van der Waals surface area contributed by atoms with Gasteiger partial charge in [0.2, 0.25) is 0 Å². The largest absolute Gasteiger partial charge is 0.465 e. The fraction of sp³-hybridized carbons (Fsp3) is 0.556. The summed E-state index contributed by atoms with van der Waals surface area (Å²) in [6, 6.07) is 9.30. The van der Waals surface area contributed by atoms with E-state index in [0.717, 1.165) is 23.3 Å². The first kappa shape index (κ1) is 19.2. The molecule has 5 N–H and O–H groups in total. The minimum Gasteiger partial charge on any atom is -0.465 e. The number of likely N-dealkylation sites (tertiary alicyclic amines) is 1. The van der Waals surface area contributed by atoms with Crippen LogP contribution >= 0.6 is 0 Å². The van der Waals surface area contributed by atoms with E-state index < -0.39 is 29.2 Å². The van der Waals surface area contributed by atoms with E-state index in [2.05, 4.69) is 0 Å². The van der Waals surface area contributed by atoms with Crippen LogP contribution in [-0.4, -0.2) is 39.8 Å². The molecule has 1 aliphatic heterocycles. The van der Waals surface area contributed by atoms with Crippen molar-refractivity contribution in [1.82, 2.24) is 4.90 Å². The number of amides is 1. The van der Waals surface area contributed by atoms with Crippen molar-refractivity contribution in [2.75, 3.05) is 6.54 Å². The molecule has 7 heteroatoms. The molecule has 1 saturated heterocycles. The van der Waals surface area contributed by atoms with Crippen LogP contribution in [0.15, 0.2) is 30.3 Å². The molecule has 1 heterocycles. The van der Waals surface area contributed by atoms with Crippen LogP contribution in [0.25, 0.3) is 0 Å². The maximum absolute atomic E-state index is 12.7. The molecular formula is C18H27N3O4. The SMILES string of the molecule is CCCCC1(N)C(C(=O)OCc2ccccc2)CN(C(=O)O)C1(C)N. The third-order valence-electron chi connectivity index (χ3n) is 5.17. The summed E-state index contributed by atoms with van der Waals surface area (Å²) in [4.78, 5) is 25.3. The molecule has 1 aliphatic rings. The van der Waals surface area contributed by atoms with Gasteiger partial charge in [-0.25, -0.2) is 4.79 Å². The molecule has 0 radical (unpaired) electrons. The van der Waals surface area contributed by atoms with Crippen LogP contribution in [0.3, 0.4) is 0 Å². The maximum Gasteiger partial charge on any atom is 0.408 e. The van der Waals surface area contributed by atoms with Gasteiger partial charge in [0, 0.05) is 6.54 Å². The summed E-state index contributed by atoms with van der Waals surface area (Å²) in [6.45, 7) is 3.63. The van der Waals surface area contributed by atoms with E-state index in [4.69, 9.17) is 16.2 Å². The lowest BCUT2D eigenvalue weighted by Gasteiger charge is -2.42. The first-order valence-electron chi connectivity index (χ1n) is 8.53. The van der Waals surface area contributed by atoms with Gasteiger partial charge in [0.1, 0.15) is 12.3 Å². The Bertz CT molecular complexity index is 620. The summed E-state index contributed by atoms with van der Waals surface area (Å²) in [6.07, 6.45) is 0.882. The molecule has 2 rings (SSSR count). The Balaban J connectivity index is 2.20. The topological polar surface area (TPSA) is 119 Å². The number of ether oxygens (including phenoxy) is 1. The predicted molar refractivity (Wildman–Crippen MR) is 93.5 cm³/mol. The highest BCUT2D eigenvalue weighted by atomic mass is 16.5. The fourth-order valence-corrected chi connectivity index (χ4v) is 3.43. The van der Waals surface area contributed by atoms with E-state index in [9.17, 15) is 14.7 Å². The molecular weight excluding hydrogens is 322 g/mol. The zero-order chi connectivity index (χ0) is 18.7. The van der Waals surface area contributed by atoms with E-state index >= 15 is 0 Å². The smallest absolute Gasteiger partial charge is 0.408 e. The molecule has 3 unspecified atom stereocenters. The number of benzene rings is 1. The number of carboxylic acid groups (broad SMARTS) is 1. The second-order valence-corrected chi connectivity index (χ2v) is 6.83. The number of unbranched alkanes of at least 4 members (excludes halogenated alkanes) is 1. The van der Waals surface area contributed by atoms with Crippen molar-refractivity contribution >= 4 is 12.1 Å². The number of nitrogens with two attached hydrogens (primary N) is 2. The molecule has 3 atom stereocenters. The molecule has 1 aromatic carbocycles. The van der Waals surface area contributed by atoms with Crippen molar-refractivity contribution in [2.45, 2.75) is 50.9 Å². The molecule has 0 bridgehead atoms. The lowest BCUT2D eigenvalue weighted by atomic mass is 9.75. The number of carbonyl (C=O) groups is 2. The fourth-order valence-electron chi connectivity index (χ4n) is 3.43. The van der Waals surface area contributed by atoms with Crippen LogP contribution in [-0.2, 0) is 16.1 Å². The average Bonchev–Trinajstić information content (AvgIpc) is 2.79. The number of esters is 1. The highest BCUT2D eigenvalue weighted by Gasteiger charge is 2.62. The Hall–Kier alpha value is -2.12. The maximum atomic E-state index is 12.7. The van der Waals surface area contributed by atoms with Gasteiger partial charge in [-0.2, -0.15) is 0 Å². The van der Waals surface area contributed by atoms with Crippen LogP contribution in [0.1, 0.15) is 38.7 Å². The van der Waals surface area contributed by atoms with Crippen LogP contribution in [0.4, 0.5) is 4.79 Å². The van der Waals surface area contributed by atoms with E-state index in [1.807, 2.05) is 37.3 Å². The predicted octanol–water partition coefficient (Wildman–Crippen LogP) is 1.90. The lowest BCUT2D eigenvalue weighted by Crippen LogP contribution is -2.69. The van der Waals surface area contributed by atoms with Crippen LogP contribution in [0.5, 0.6) is 0 Å². The number of hydrogen-bond donors (Lipinski definition) is 3. The summed E-state index contributed by atoms with van der Waals surface area (Å²) in [7, 11) is 0. The van der Waals surface area contributed by atoms with Gasteiger partial charge in [0.05, 0.1) is 11.5 Å². The Morgan fingerprint density at radius 3 is 2.52 bits per heavy atom. The monoisotopic (exact) mass is 349 g/mol. The third kappa shape index (κ3) is 3.62. The first-order valence-corrected chi connectivity index (χ1v) is 8.53. The van der Waals surface area contributed by atoms with Crippen LogP contribution in [0.2, 0.25) is 0 Å². The van der Waals surface area contributed by atoms with E-state index in [1.165, 1.54) is 0 Å². The minimum atomic E-state index is -1.34. The average molecular weight is 349 g/mol. The quantitative estimate of drug-likeness (QED) is 0.675. The highest BCUT2D eigenvalue weighted by Crippen LogP contribution is 2.41. The Kier molecular flexibility index (Phi) is 5.69. The van der Waals surface area contributed by atoms with Crippen molar-refractivity contribution in [1.29, 1.82) is 0 Å². The summed E-state index contributed by atoms with van der Waals surface area (Å²) < 4.78 is 5.41. The molecule has 0 aromatic heterocycles. The number of carbonyl (C=O) groups excluding carboxylic acids is 1. The Morgan fingerprint density at radius 1 is 1.32 bits per heavy atom.